The molecule has 1 atom stereocenters. The summed E-state index contributed by atoms with van der Waals surface area (Å²) < 4.78 is 0. The molecule has 1 aromatic rings. The Balaban J connectivity index is 1.98. The van der Waals surface area contributed by atoms with Gasteiger partial charge >= 0.3 is 0 Å². The van der Waals surface area contributed by atoms with Crippen molar-refractivity contribution in [3.05, 3.63) is 35.4 Å². The maximum Gasteiger partial charge on any atom is 0.00228 e. The maximum absolute atomic E-state index is 3.57. The summed E-state index contributed by atoms with van der Waals surface area (Å²) in [4.78, 5) is 0. The first-order valence-electron chi connectivity index (χ1n) is 6.58. The van der Waals surface area contributed by atoms with E-state index in [9.17, 15) is 0 Å². The van der Waals surface area contributed by atoms with Crippen molar-refractivity contribution in [2.24, 2.45) is 5.92 Å². The first-order valence-corrected chi connectivity index (χ1v) is 6.58. The van der Waals surface area contributed by atoms with Crippen molar-refractivity contribution in [1.82, 2.24) is 5.32 Å². The van der Waals surface area contributed by atoms with Gasteiger partial charge in [0.05, 0.1) is 0 Å². The molecule has 2 rings (SSSR count). The van der Waals surface area contributed by atoms with E-state index in [4.69, 9.17) is 0 Å². The molecule has 0 heterocycles. The van der Waals surface area contributed by atoms with Gasteiger partial charge in [0.25, 0.3) is 0 Å². The van der Waals surface area contributed by atoms with Crippen molar-refractivity contribution in [3.63, 3.8) is 0 Å². The highest BCUT2D eigenvalue weighted by Gasteiger charge is 2.31. The zero-order valence-corrected chi connectivity index (χ0v) is 10.5. The molecule has 1 fully saturated rings. The van der Waals surface area contributed by atoms with Crippen LogP contribution in [-0.4, -0.2) is 13.1 Å². The van der Waals surface area contributed by atoms with Crippen LogP contribution in [0.15, 0.2) is 24.3 Å². The summed E-state index contributed by atoms with van der Waals surface area (Å²) in [6, 6.07) is 9.10. The molecule has 1 aliphatic carbocycles. The van der Waals surface area contributed by atoms with E-state index in [-0.39, 0.29) is 0 Å². The minimum atomic E-state index is 0.743. The van der Waals surface area contributed by atoms with Crippen LogP contribution in [0.25, 0.3) is 0 Å². The third-order valence-electron chi connectivity index (χ3n) is 3.49. The van der Waals surface area contributed by atoms with Crippen molar-refractivity contribution < 1.29 is 0 Å². The Hall–Kier alpha value is -0.820. The van der Waals surface area contributed by atoms with Crippen LogP contribution in [0.4, 0.5) is 0 Å². The number of nitrogens with one attached hydrogen (secondary N) is 1. The fraction of sp³-hybridized carbons (Fsp3) is 0.600. The van der Waals surface area contributed by atoms with Gasteiger partial charge < -0.3 is 5.32 Å². The Morgan fingerprint density at radius 1 is 1.25 bits per heavy atom. The second kappa shape index (κ2) is 5.49. The van der Waals surface area contributed by atoms with Gasteiger partial charge in [0.2, 0.25) is 0 Å². The van der Waals surface area contributed by atoms with Crippen molar-refractivity contribution >= 4 is 0 Å². The molecule has 0 aromatic heterocycles. The lowest BCUT2D eigenvalue weighted by Crippen LogP contribution is -2.23. The summed E-state index contributed by atoms with van der Waals surface area (Å²) in [5, 5.41) is 3.57. The van der Waals surface area contributed by atoms with E-state index in [1.165, 1.54) is 30.4 Å². The van der Waals surface area contributed by atoms with E-state index in [0.29, 0.717) is 0 Å². The fourth-order valence-electron chi connectivity index (χ4n) is 2.30. The molecule has 1 saturated carbocycles. The van der Waals surface area contributed by atoms with Gasteiger partial charge in [-0.1, -0.05) is 36.8 Å². The van der Waals surface area contributed by atoms with Crippen molar-refractivity contribution in [1.29, 1.82) is 0 Å². The molecule has 0 saturated heterocycles. The molecular weight excluding hydrogens is 194 g/mol. The largest absolute Gasteiger partial charge is 0.316 e. The molecule has 16 heavy (non-hydrogen) atoms. The molecule has 0 radical (unpaired) electrons. The summed E-state index contributed by atoms with van der Waals surface area (Å²) in [7, 11) is 0. The van der Waals surface area contributed by atoms with Crippen LogP contribution in [-0.2, 0) is 0 Å². The van der Waals surface area contributed by atoms with E-state index < -0.39 is 0 Å². The van der Waals surface area contributed by atoms with Crippen molar-refractivity contribution in [2.45, 2.75) is 39.0 Å². The normalized spacial score (nSPS) is 17.4. The molecule has 88 valence electrons. The van der Waals surface area contributed by atoms with Gasteiger partial charge in [-0.25, -0.2) is 0 Å². The van der Waals surface area contributed by atoms with E-state index in [0.717, 1.165) is 24.9 Å². The van der Waals surface area contributed by atoms with Gasteiger partial charge in [0.1, 0.15) is 0 Å². The van der Waals surface area contributed by atoms with Crippen molar-refractivity contribution in [2.75, 3.05) is 13.1 Å². The highest BCUT2D eigenvalue weighted by molar-refractivity contribution is 5.26. The summed E-state index contributed by atoms with van der Waals surface area (Å²) in [6.45, 7) is 6.69. The number of aryl methyl sites for hydroxylation is 1. The molecule has 0 aliphatic heterocycles. The van der Waals surface area contributed by atoms with Crippen LogP contribution < -0.4 is 5.32 Å². The highest BCUT2D eigenvalue weighted by atomic mass is 14.9. The van der Waals surface area contributed by atoms with Crippen LogP contribution >= 0.6 is 0 Å². The Kier molecular flexibility index (Phi) is 4.00. The van der Waals surface area contributed by atoms with E-state index in [2.05, 4.69) is 43.4 Å². The zero-order chi connectivity index (χ0) is 11.4. The van der Waals surface area contributed by atoms with Crippen LogP contribution in [0.1, 0.15) is 43.2 Å². The van der Waals surface area contributed by atoms with Gasteiger partial charge in [0.15, 0.2) is 0 Å². The highest BCUT2D eigenvalue weighted by Crippen LogP contribution is 2.42. The summed E-state index contributed by atoms with van der Waals surface area (Å²) in [5.74, 6) is 1.68. The van der Waals surface area contributed by atoms with E-state index >= 15 is 0 Å². The number of hydrogen-bond donors (Lipinski definition) is 1. The maximum atomic E-state index is 3.57. The van der Waals surface area contributed by atoms with Gasteiger partial charge in [-0.05, 0) is 50.1 Å². The fourth-order valence-corrected chi connectivity index (χ4v) is 2.30. The summed E-state index contributed by atoms with van der Waals surface area (Å²) in [5.41, 5.74) is 2.89. The minimum absolute atomic E-state index is 0.743. The number of benzene rings is 1. The Bertz CT molecular complexity index is 311. The lowest BCUT2D eigenvalue weighted by atomic mass is 9.93. The third kappa shape index (κ3) is 3.08. The summed E-state index contributed by atoms with van der Waals surface area (Å²) >= 11 is 0. The molecule has 1 aliphatic rings. The predicted octanol–water partition coefficient (Wildman–Crippen LogP) is 3.49. The van der Waals surface area contributed by atoms with Gasteiger partial charge in [-0.2, -0.15) is 0 Å². The number of rotatable bonds is 6. The molecule has 1 unspecified atom stereocenters. The van der Waals surface area contributed by atoms with Crippen LogP contribution in [0.5, 0.6) is 0 Å². The molecule has 1 heteroatoms. The van der Waals surface area contributed by atoms with E-state index in [1.54, 1.807) is 0 Å². The predicted molar refractivity (Wildman–Crippen MR) is 69.8 cm³/mol. The first-order chi connectivity index (χ1) is 7.81. The second-order valence-electron chi connectivity index (χ2n) is 5.06. The van der Waals surface area contributed by atoms with Crippen LogP contribution in [0.3, 0.4) is 0 Å². The lowest BCUT2D eigenvalue weighted by Gasteiger charge is -2.17. The molecule has 0 bridgehead atoms. The Labute approximate surface area is 99.3 Å². The molecule has 1 nitrogen and oxygen atoms in total. The molecule has 1 aromatic carbocycles. The Morgan fingerprint density at radius 2 is 1.94 bits per heavy atom. The zero-order valence-electron chi connectivity index (χ0n) is 10.5. The smallest absolute Gasteiger partial charge is 0.00228 e. The average molecular weight is 217 g/mol. The average Bonchev–Trinajstić information content (AvgIpc) is 3.10. The second-order valence-corrected chi connectivity index (χ2v) is 5.06. The lowest BCUT2D eigenvalue weighted by molar-refractivity contribution is 0.534. The quantitative estimate of drug-likeness (QED) is 0.719. The van der Waals surface area contributed by atoms with Crippen LogP contribution in [0.2, 0.25) is 0 Å². The van der Waals surface area contributed by atoms with Gasteiger partial charge in [-0.3, -0.25) is 0 Å². The molecule has 1 N–H and O–H groups in total. The monoisotopic (exact) mass is 217 g/mol. The van der Waals surface area contributed by atoms with Gasteiger partial charge in [-0.15, -0.1) is 0 Å². The standard InChI is InChI=1S/C15H23N/c1-3-10-16-11-15(14-8-9-14)13-6-4-12(2)5-7-13/h4-7,14-16H,3,8-11H2,1-2H3. The van der Waals surface area contributed by atoms with E-state index in [1.807, 2.05) is 0 Å². The molecular formula is C15H23N. The molecule has 0 spiro atoms. The van der Waals surface area contributed by atoms with Crippen LogP contribution in [0, 0.1) is 12.8 Å². The third-order valence-corrected chi connectivity index (χ3v) is 3.49. The van der Waals surface area contributed by atoms with Crippen molar-refractivity contribution in [3.8, 4) is 0 Å². The van der Waals surface area contributed by atoms with Gasteiger partial charge in [0, 0.05) is 6.54 Å². The SMILES string of the molecule is CCCNCC(c1ccc(C)cc1)C1CC1. The Morgan fingerprint density at radius 3 is 2.50 bits per heavy atom. The molecule has 0 amide bonds. The first kappa shape index (κ1) is 11.7. The number of hydrogen-bond acceptors (Lipinski definition) is 1. The minimum Gasteiger partial charge on any atom is -0.316 e. The topological polar surface area (TPSA) is 12.0 Å². The summed E-state index contributed by atoms with van der Waals surface area (Å²) in [6.07, 6.45) is 4.07.